The highest BCUT2D eigenvalue weighted by atomic mass is 16.3. The van der Waals surface area contributed by atoms with E-state index in [2.05, 4.69) is 9.98 Å². The van der Waals surface area contributed by atoms with Gasteiger partial charge in [0.15, 0.2) is 5.82 Å². The van der Waals surface area contributed by atoms with Crippen molar-refractivity contribution in [3.8, 4) is 0 Å². The number of carbonyl (C=O) groups is 1. The Kier molecular flexibility index (Phi) is 3.77. The number of aliphatic hydroxyl groups is 1. The lowest BCUT2D eigenvalue weighted by atomic mass is 10.2. The smallest absolute Gasteiger partial charge is 0.253 e. The minimum absolute atomic E-state index is 0.0247. The first-order valence-electron chi connectivity index (χ1n) is 4.67. The van der Waals surface area contributed by atoms with Gasteiger partial charge >= 0.3 is 0 Å². The fourth-order valence-electron chi connectivity index (χ4n) is 1.06. The van der Waals surface area contributed by atoms with E-state index >= 15 is 0 Å². The predicted octanol–water partition coefficient (Wildman–Crippen LogP) is 1.41. The Morgan fingerprint density at radius 3 is 2.81 bits per heavy atom. The van der Waals surface area contributed by atoms with Crippen LogP contribution in [0.25, 0.3) is 0 Å². The lowest BCUT2D eigenvalue weighted by Crippen LogP contribution is -2.16. The number of allylic oxidation sites excluding steroid dienone is 1. The summed E-state index contributed by atoms with van der Waals surface area (Å²) in [4.78, 5) is 18.9. The van der Waals surface area contributed by atoms with E-state index < -0.39 is 5.91 Å². The van der Waals surface area contributed by atoms with E-state index in [0.717, 1.165) is 5.56 Å². The van der Waals surface area contributed by atoms with Gasteiger partial charge in [0.25, 0.3) is 5.91 Å². The van der Waals surface area contributed by atoms with Crippen LogP contribution < -0.4 is 5.73 Å². The molecule has 0 saturated carbocycles. The molecule has 0 spiro atoms. The van der Waals surface area contributed by atoms with E-state index in [1.165, 1.54) is 13.1 Å². The van der Waals surface area contributed by atoms with E-state index in [-0.39, 0.29) is 11.3 Å². The summed E-state index contributed by atoms with van der Waals surface area (Å²) in [7, 11) is 0. The maximum Gasteiger partial charge on any atom is 0.253 e. The minimum Gasteiger partial charge on any atom is -0.512 e. The number of hydrogen-bond acceptors (Lipinski definition) is 4. The molecule has 0 aliphatic heterocycles. The van der Waals surface area contributed by atoms with Crippen molar-refractivity contribution in [3.63, 3.8) is 0 Å². The van der Waals surface area contributed by atoms with Crippen LogP contribution in [0, 0.1) is 6.92 Å². The van der Waals surface area contributed by atoms with Crippen molar-refractivity contribution in [2.45, 2.75) is 13.8 Å². The number of rotatable bonds is 3. The number of pyridine rings is 1. The van der Waals surface area contributed by atoms with Gasteiger partial charge < -0.3 is 10.8 Å². The summed E-state index contributed by atoms with van der Waals surface area (Å²) in [6, 6.07) is 3.59. The number of hydrogen-bond donors (Lipinski definition) is 2. The zero-order valence-electron chi connectivity index (χ0n) is 9.14. The second-order valence-corrected chi connectivity index (χ2v) is 3.31. The summed E-state index contributed by atoms with van der Waals surface area (Å²) in [5.74, 6) is -0.430. The topological polar surface area (TPSA) is 88.6 Å². The van der Waals surface area contributed by atoms with Gasteiger partial charge in [-0.1, -0.05) is 0 Å². The van der Waals surface area contributed by atoms with Gasteiger partial charge in [-0.2, -0.15) is 0 Å². The molecule has 1 rings (SSSR count). The van der Waals surface area contributed by atoms with Crippen LogP contribution in [0.15, 0.2) is 34.7 Å². The van der Waals surface area contributed by atoms with E-state index in [1.807, 2.05) is 13.0 Å². The van der Waals surface area contributed by atoms with Crippen molar-refractivity contribution in [1.29, 1.82) is 0 Å². The largest absolute Gasteiger partial charge is 0.512 e. The second-order valence-electron chi connectivity index (χ2n) is 3.31. The van der Waals surface area contributed by atoms with Crippen molar-refractivity contribution in [3.05, 3.63) is 35.2 Å². The molecular formula is C11H13N3O2. The van der Waals surface area contributed by atoms with Gasteiger partial charge in [0.1, 0.15) is 5.76 Å². The average Bonchev–Trinajstić information content (AvgIpc) is 2.16. The fraction of sp³-hybridized carbons (Fsp3) is 0.182. The van der Waals surface area contributed by atoms with Gasteiger partial charge in [0.05, 0.1) is 5.57 Å². The molecule has 0 fully saturated rings. The van der Waals surface area contributed by atoms with Crippen molar-refractivity contribution < 1.29 is 9.90 Å². The van der Waals surface area contributed by atoms with Crippen molar-refractivity contribution in [2.24, 2.45) is 10.7 Å². The summed E-state index contributed by atoms with van der Waals surface area (Å²) < 4.78 is 0. The maximum absolute atomic E-state index is 10.9. The lowest BCUT2D eigenvalue weighted by molar-refractivity contribution is -0.114. The number of primary amides is 1. The number of amides is 1. The summed E-state index contributed by atoms with van der Waals surface area (Å²) >= 11 is 0. The zero-order valence-corrected chi connectivity index (χ0v) is 9.14. The second kappa shape index (κ2) is 5.06. The molecule has 1 aromatic rings. The Morgan fingerprint density at radius 2 is 2.31 bits per heavy atom. The molecule has 1 aromatic heterocycles. The number of nitrogens with two attached hydrogens (primary N) is 1. The predicted molar refractivity (Wildman–Crippen MR) is 61.6 cm³/mol. The molecule has 1 heterocycles. The number of aliphatic hydroxyl groups excluding tert-OH is 1. The fourth-order valence-corrected chi connectivity index (χ4v) is 1.06. The highest BCUT2D eigenvalue weighted by Gasteiger charge is 2.05. The van der Waals surface area contributed by atoms with E-state index in [9.17, 15) is 9.90 Å². The standard InChI is InChI=1S/C11H13N3O2/c1-7-3-4-13-10(5-7)14-6-9(8(2)15)11(12)16/h3-6,15H,1-2H3,(H2,12,16)/b9-8-,14-6?. The Balaban J connectivity index is 2.96. The van der Waals surface area contributed by atoms with Gasteiger partial charge in [-0.3, -0.25) is 4.79 Å². The van der Waals surface area contributed by atoms with Crippen molar-refractivity contribution >= 4 is 17.9 Å². The first kappa shape index (κ1) is 11.9. The zero-order chi connectivity index (χ0) is 12.1. The van der Waals surface area contributed by atoms with Gasteiger partial charge in [-0.15, -0.1) is 0 Å². The van der Waals surface area contributed by atoms with Crippen molar-refractivity contribution in [1.82, 2.24) is 4.98 Å². The van der Waals surface area contributed by atoms with Crippen molar-refractivity contribution in [2.75, 3.05) is 0 Å². The Hall–Kier alpha value is -2.17. The first-order chi connectivity index (χ1) is 7.50. The number of aliphatic imine (C=N–C) groups is 1. The minimum atomic E-state index is -0.726. The summed E-state index contributed by atoms with van der Waals surface area (Å²) in [5.41, 5.74) is 6.05. The molecule has 5 heteroatoms. The molecule has 16 heavy (non-hydrogen) atoms. The van der Waals surface area contributed by atoms with Crippen LogP contribution in [0.5, 0.6) is 0 Å². The third-order valence-corrected chi connectivity index (χ3v) is 1.88. The van der Waals surface area contributed by atoms with Crippen LogP contribution >= 0.6 is 0 Å². The van der Waals surface area contributed by atoms with Gasteiger partial charge in [-0.25, -0.2) is 9.98 Å². The van der Waals surface area contributed by atoms with Gasteiger partial charge in [0, 0.05) is 12.4 Å². The lowest BCUT2D eigenvalue weighted by Gasteiger charge is -1.98. The van der Waals surface area contributed by atoms with Crippen LogP contribution in [0.1, 0.15) is 12.5 Å². The normalized spacial score (nSPS) is 12.6. The van der Waals surface area contributed by atoms with Gasteiger partial charge in [-0.05, 0) is 31.5 Å². The van der Waals surface area contributed by atoms with Crippen LogP contribution in [-0.4, -0.2) is 22.2 Å². The summed E-state index contributed by atoms with van der Waals surface area (Å²) in [5, 5.41) is 9.18. The summed E-state index contributed by atoms with van der Waals surface area (Å²) in [6.07, 6.45) is 2.82. The van der Waals surface area contributed by atoms with E-state index in [0.29, 0.717) is 5.82 Å². The van der Waals surface area contributed by atoms with Crippen LogP contribution in [0.3, 0.4) is 0 Å². The molecule has 0 unspecified atom stereocenters. The molecule has 84 valence electrons. The number of aromatic nitrogens is 1. The quantitative estimate of drug-likeness (QED) is 0.457. The molecule has 0 aliphatic rings. The van der Waals surface area contributed by atoms with Crippen LogP contribution in [0.2, 0.25) is 0 Å². The molecule has 3 N–H and O–H groups in total. The van der Waals surface area contributed by atoms with Crippen LogP contribution in [0.4, 0.5) is 5.82 Å². The van der Waals surface area contributed by atoms with Gasteiger partial charge in [0.2, 0.25) is 0 Å². The molecule has 0 aromatic carbocycles. The average molecular weight is 219 g/mol. The third kappa shape index (κ3) is 3.20. The molecule has 5 nitrogen and oxygen atoms in total. The van der Waals surface area contributed by atoms with Crippen LogP contribution in [-0.2, 0) is 4.79 Å². The number of nitrogens with zero attached hydrogens (tertiary/aromatic N) is 2. The highest BCUT2D eigenvalue weighted by molar-refractivity contribution is 6.12. The molecular weight excluding hydrogens is 206 g/mol. The van der Waals surface area contributed by atoms with E-state index in [4.69, 9.17) is 5.73 Å². The molecule has 0 bridgehead atoms. The highest BCUT2D eigenvalue weighted by Crippen LogP contribution is 2.09. The Labute approximate surface area is 93.3 Å². The molecule has 0 aliphatic carbocycles. The third-order valence-electron chi connectivity index (χ3n) is 1.88. The molecule has 0 saturated heterocycles. The number of aryl methyl sites for hydroxylation is 1. The monoisotopic (exact) mass is 219 g/mol. The maximum atomic E-state index is 10.9. The number of carbonyl (C=O) groups excluding carboxylic acids is 1. The Morgan fingerprint density at radius 1 is 1.62 bits per heavy atom. The Bertz CT molecular complexity index is 460. The van der Waals surface area contributed by atoms with E-state index in [1.54, 1.807) is 12.3 Å². The molecule has 0 atom stereocenters. The first-order valence-corrected chi connectivity index (χ1v) is 4.67. The SMILES string of the molecule is C/C(O)=C(\C=Nc1cc(C)ccn1)C(N)=O. The summed E-state index contributed by atoms with van der Waals surface area (Å²) in [6.45, 7) is 3.28. The molecule has 0 radical (unpaired) electrons. The molecule has 1 amide bonds.